The first-order chi connectivity index (χ1) is 15.0. The Morgan fingerprint density at radius 2 is 1.74 bits per heavy atom. The predicted octanol–water partition coefficient (Wildman–Crippen LogP) is 5.31. The number of methoxy groups -OCH3 is 3. The lowest BCUT2D eigenvalue weighted by Crippen LogP contribution is -2.40. The lowest BCUT2D eigenvalue weighted by Gasteiger charge is -2.39. The molecule has 5 nitrogen and oxygen atoms in total. The maximum Gasteiger partial charge on any atom is 0.210 e. The molecule has 0 saturated carbocycles. The second-order valence-electron chi connectivity index (χ2n) is 8.15. The van der Waals surface area contributed by atoms with Gasteiger partial charge in [0.15, 0.2) is 0 Å². The van der Waals surface area contributed by atoms with Crippen LogP contribution in [0.1, 0.15) is 36.6 Å². The molecule has 1 amide bonds. The van der Waals surface area contributed by atoms with Crippen molar-refractivity contribution in [1.82, 2.24) is 4.90 Å². The molecule has 2 atom stereocenters. The Bertz CT molecular complexity index is 1150. The van der Waals surface area contributed by atoms with Crippen molar-refractivity contribution >= 4 is 17.2 Å². The first-order valence-corrected chi connectivity index (χ1v) is 10.5. The summed E-state index contributed by atoms with van der Waals surface area (Å²) in [6.07, 6.45) is 1.76. The van der Waals surface area contributed by atoms with Gasteiger partial charge in [0.25, 0.3) is 0 Å². The van der Waals surface area contributed by atoms with Crippen molar-refractivity contribution in [3.8, 4) is 28.4 Å². The van der Waals surface area contributed by atoms with E-state index in [2.05, 4.69) is 39.0 Å². The van der Waals surface area contributed by atoms with Crippen LogP contribution < -0.4 is 14.2 Å². The van der Waals surface area contributed by atoms with Crippen LogP contribution in [-0.2, 0) is 11.2 Å². The summed E-state index contributed by atoms with van der Waals surface area (Å²) in [5, 5.41) is 1.97. The first kappa shape index (κ1) is 21.0. The van der Waals surface area contributed by atoms with Crippen LogP contribution in [0.5, 0.6) is 17.2 Å². The van der Waals surface area contributed by atoms with E-state index >= 15 is 0 Å². The van der Waals surface area contributed by atoms with Gasteiger partial charge < -0.3 is 19.1 Å². The van der Waals surface area contributed by atoms with Crippen molar-refractivity contribution in [3.05, 3.63) is 53.1 Å². The summed E-state index contributed by atoms with van der Waals surface area (Å²) in [4.78, 5) is 13.6. The normalized spacial score (nSPS) is 17.9. The van der Waals surface area contributed by atoms with Gasteiger partial charge in [-0.15, -0.1) is 0 Å². The Morgan fingerprint density at radius 1 is 1.00 bits per heavy atom. The van der Waals surface area contributed by atoms with Crippen LogP contribution >= 0.6 is 0 Å². The molecular formula is C26H29NO4. The number of aryl methyl sites for hydroxylation is 1. The predicted molar refractivity (Wildman–Crippen MR) is 123 cm³/mol. The first-order valence-electron chi connectivity index (χ1n) is 10.5. The molecule has 0 aromatic heterocycles. The number of carbonyl (C=O) groups is 1. The molecule has 162 valence electrons. The average molecular weight is 420 g/mol. The van der Waals surface area contributed by atoms with Gasteiger partial charge >= 0.3 is 0 Å². The molecule has 0 radical (unpaired) electrons. The van der Waals surface area contributed by atoms with Crippen molar-refractivity contribution in [2.24, 2.45) is 0 Å². The van der Waals surface area contributed by atoms with Crippen LogP contribution in [-0.4, -0.2) is 38.7 Å². The highest BCUT2D eigenvalue weighted by Crippen LogP contribution is 2.48. The van der Waals surface area contributed by atoms with Gasteiger partial charge in [0.1, 0.15) is 17.2 Å². The smallest absolute Gasteiger partial charge is 0.210 e. The van der Waals surface area contributed by atoms with Crippen molar-refractivity contribution in [1.29, 1.82) is 0 Å². The van der Waals surface area contributed by atoms with Gasteiger partial charge in [0.2, 0.25) is 6.41 Å². The van der Waals surface area contributed by atoms with Crippen molar-refractivity contribution in [2.75, 3.05) is 21.3 Å². The standard InChI is InChI=1S/C26H29NO4/c1-15-12-22(30-5)25-19(8-7-9-21(25)29-4)23(15)20-11-10-18-13-16(2)27(14-28)17(3)24(18)26(20)31-6/h7-12,14,16-17H,13H2,1-6H3/t16-,17-/m1/s1. The molecule has 0 unspecified atom stereocenters. The minimum Gasteiger partial charge on any atom is -0.496 e. The van der Waals surface area contributed by atoms with Crippen LogP contribution in [0.2, 0.25) is 0 Å². The van der Waals surface area contributed by atoms with E-state index in [1.165, 1.54) is 5.56 Å². The van der Waals surface area contributed by atoms with Crippen LogP contribution in [0.4, 0.5) is 0 Å². The van der Waals surface area contributed by atoms with Crippen LogP contribution in [0.25, 0.3) is 21.9 Å². The molecule has 0 bridgehead atoms. The van der Waals surface area contributed by atoms with E-state index in [1.54, 1.807) is 21.3 Å². The van der Waals surface area contributed by atoms with E-state index < -0.39 is 0 Å². The minimum atomic E-state index is -0.0643. The summed E-state index contributed by atoms with van der Waals surface area (Å²) >= 11 is 0. The maximum absolute atomic E-state index is 11.8. The van der Waals surface area contributed by atoms with Crippen LogP contribution in [0, 0.1) is 6.92 Å². The second-order valence-corrected chi connectivity index (χ2v) is 8.15. The van der Waals surface area contributed by atoms with Gasteiger partial charge in [0.05, 0.1) is 32.8 Å². The van der Waals surface area contributed by atoms with Gasteiger partial charge in [-0.2, -0.15) is 0 Å². The molecule has 0 saturated heterocycles. The zero-order chi connectivity index (χ0) is 22.3. The molecule has 31 heavy (non-hydrogen) atoms. The van der Waals surface area contributed by atoms with Gasteiger partial charge in [-0.25, -0.2) is 0 Å². The number of hydrogen-bond donors (Lipinski definition) is 0. The highest BCUT2D eigenvalue weighted by Gasteiger charge is 2.32. The number of rotatable bonds is 5. The number of amides is 1. The van der Waals surface area contributed by atoms with Crippen molar-refractivity contribution in [3.63, 3.8) is 0 Å². The van der Waals surface area contributed by atoms with E-state index in [9.17, 15) is 4.79 Å². The third-order valence-corrected chi connectivity index (χ3v) is 6.49. The molecule has 0 N–H and O–H groups in total. The molecule has 0 spiro atoms. The summed E-state index contributed by atoms with van der Waals surface area (Å²) in [7, 11) is 5.05. The lowest BCUT2D eigenvalue weighted by atomic mass is 9.84. The van der Waals surface area contributed by atoms with Gasteiger partial charge in [0, 0.05) is 17.2 Å². The number of hydrogen-bond acceptors (Lipinski definition) is 4. The lowest BCUT2D eigenvalue weighted by molar-refractivity contribution is -0.122. The van der Waals surface area contributed by atoms with E-state index in [0.29, 0.717) is 0 Å². The molecule has 3 aromatic rings. The average Bonchev–Trinajstić information content (AvgIpc) is 2.77. The molecule has 1 aliphatic rings. The molecule has 4 rings (SSSR count). The fourth-order valence-electron chi connectivity index (χ4n) is 5.08. The quantitative estimate of drug-likeness (QED) is 0.526. The Kier molecular flexibility index (Phi) is 5.52. The Labute approximate surface area is 183 Å². The number of benzene rings is 3. The van der Waals surface area contributed by atoms with Gasteiger partial charge in [-0.1, -0.05) is 24.3 Å². The van der Waals surface area contributed by atoms with Crippen molar-refractivity contribution in [2.45, 2.75) is 39.3 Å². The van der Waals surface area contributed by atoms with E-state index in [1.807, 2.05) is 23.1 Å². The summed E-state index contributed by atoms with van der Waals surface area (Å²) in [6, 6.07) is 12.5. The molecule has 3 aromatic carbocycles. The minimum absolute atomic E-state index is 0.0643. The van der Waals surface area contributed by atoms with Crippen LogP contribution in [0.15, 0.2) is 36.4 Å². The number of ether oxygens (including phenoxy) is 3. The van der Waals surface area contributed by atoms with Gasteiger partial charge in [-0.05, 0) is 61.4 Å². The second kappa shape index (κ2) is 8.14. The zero-order valence-electron chi connectivity index (χ0n) is 19.0. The summed E-state index contributed by atoms with van der Waals surface area (Å²) in [5.74, 6) is 2.36. The van der Waals surface area contributed by atoms with Gasteiger partial charge in [-0.3, -0.25) is 4.79 Å². The summed E-state index contributed by atoms with van der Waals surface area (Å²) < 4.78 is 17.3. The third-order valence-electron chi connectivity index (χ3n) is 6.49. The largest absolute Gasteiger partial charge is 0.496 e. The SMILES string of the molecule is COc1c(-c2c(C)cc(OC)c3c(OC)cccc23)ccc2c1[C@@H](C)N(C=O)[C@H](C)C2. The van der Waals surface area contributed by atoms with E-state index in [4.69, 9.17) is 14.2 Å². The van der Waals surface area contributed by atoms with Crippen molar-refractivity contribution < 1.29 is 19.0 Å². The Morgan fingerprint density at radius 3 is 2.39 bits per heavy atom. The Hall–Kier alpha value is -3.21. The summed E-state index contributed by atoms with van der Waals surface area (Å²) in [5.41, 5.74) is 5.48. The topological polar surface area (TPSA) is 48.0 Å². The maximum atomic E-state index is 11.8. The third kappa shape index (κ3) is 3.19. The number of fused-ring (bicyclic) bond motifs is 2. The highest BCUT2D eigenvalue weighted by molar-refractivity contribution is 6.06. The molecule has 0 aliphatic carbocycles. The molecule has 5 heteroatoms. The molecule has 1 heterocycles. The Balaban J connectivity index is 2.06. The molecular weight excluding hydrogens is 390 g/mol. The zero-order valence-corrected chi connectivity index (χ0v) is 19.0. The van der Waals surface area contributed by atoms with E-state index in [0.717, 1.165) is 63.1 Å². The highest BCUT2D eigenvalue weighted by atomic mass is 16.5. The molecule has 1 aliphatic heterocycles. The fraction of sp³-hybridized carbons (Fsp3) is 0.346. The molecule has 0 fully saturated rings. The number of carbonyl (C=O) groups excluding carboxylic acids is 1. The summed E-state index contributed by atoms with van der Waals surface area (Å²) in [6.45, 7) is 6.23. The monoisotopic (exact) mass is 419 g/mol. The van der Waals surface area contributed by atoms with E-state index in [-0.39, 0.29) is 12.1 Å². The van der Waals surface area contributed by atoms with Crippen LogP contribution in [0.3, 0.4) is 0 Å². The number of nitrogens with zero attached hydrogens (tertiary/aromatic N) is 1. The fourth-order valence-corrected chi connectivity index (χ4v) is 5.08.